The molecule has 0 radical (unpaired) electrons. The number of thioether (sulfide) groups is 1. The number of para-hydroxylation sites is 1. The van der Waals surface area contributed by atoms with E-state index >= 15 is 0 Å². The standard InChI is InChI=1S/C23H26N6O3S2/c1-5-12-29-15-11-9-8-10-14(15)17-19(29)25-23(28-27-17)33-16(6-2)20(30)26-22-24-13(4)18(34-22)21(31)32-7-3/h8-11,16H,5-7,12H2,1-4H3,(H,24,26,30)/t16-/m1/s1. The van der Waals surface area contributed by atoms with E-state index in [4.69, 9.17) is 9.72 Å². The molecule has 0 unspecified atom stereocenters. The number of aromatic nitrogens is 5. The van der Waals surface area contributed by atoms with Crippen LogP contribution in [0.25, 0.3) is 22.1 Å². The van der Waals surface area contributed by atoms with Gasteiger partial charge in [-0.15, -0.1) is 10.2 Å². The zero-order valence-electron chi connectivity index (χ0n) is 19.5. The molecule has 1 amide bonds. The largest absolute Gasteiger partial charge is 0.462 e. The van der Waals surface area contributed by atoms with Gasteiger partial charge >= 0.3 is 5.97 Å². The highest BCUT2D eigenvalue weighted by Gasteiger charge is 2.24. The molecule has 1 aromatic carbocycles. The van der Waals surface area contributed by atoms with E-state index < -0.39 is 11.2 Å². The molecule has 0 spiro atoms. The van der Waals surface area contributed by atoms with Crippen LogP contribution in [0.1, 0.15) is 49.0 Å². The lowest BCUT2D eigenvalue weighted by Gasteiger charge is -2.12. The molecule has 3 heterocycles. The molecule has 11 heteroatoms. The second-order valence-corrected chi connectivity index (χ2v) is 9.76. The number of nitrogens with zero attached hydrogens (tertiary/aromatic N) is 5. The maximum absolute atomic E-state index is 13.0. The second-order valence-electron chi connectivity index (χ2n) is 7.59. The lowest BCUT2D eigenvalue weighted by Crippen LogP contribution is -2.24. The molecule has 178 valence electrons. The first-order chi connectivity index (χ1) is 16.5. The summed E-state index contributed by atoms with van der Waals surface area (Å²) >= 11 is 2.38. The van der Waals surface area contributed by atoms with Crippen LogP contribution in [0.3, 0.4) is 0 Å². The van der Waals surface area contributed by atoms with Crippen molar-refractivity contribution in [2.45, 2.75) is 57.5 Å². The third kappa shape index (κ3) is 4.76. The van der Waals surface area contributed by atoms with Gasteiger partial charge in [0, 0.05) is 11.9 Å². The van der Waals surface area contributed by atoms with Gasteiger partial charge in [0.1, 0.15) is 10.4 Å². The number of carbonyl (C=O) groups excluding carboxylic acids is 2. The van der Waals surface area contributed by atoms with Crippen LogP contribution in [0.5, 0.6) is 0 Å². The van der Waals surface area contributed by atoms with Crippen LogP contribution in [0.2, 0.25) is 0 Å². The number of anilines is 1. The summed E-state index contributed by atoms with van der Waals surface area (Å²) < 4.78 is 7.20. The predicted octanol–water partition coefficient (Wildman–Crippen LogP) is 4.84. The molecule has 1 N–H and O–H groups in total. The maximum Gasteiger partial charge on any atom is 0.350 e. The smallest absolute Gasteiger partial charge is 0.350 e. The van der Waals surface area contributed by atoms with E-state index in [0.717, 1.165) is 46.4 Å². The fraction of sp³-hybridized carbons (Fsp3) is 0.391. The first-order valence-electron chi connectivity index (χ1n) is 11.2. The number of rotatable bonds is 9. The zero-order chi connectivity index (χ0) is 24.2. The van der Waals surface area contributed by atoms with E-state index in [-0.39, 0.29) is 12.5 Å². The summed E-state index contributed by atoms with van der Waals surface area (Å²) in [5.41, 5.74) is 3.13. The van der Waals surface area contributed by atoms with Gasteiger partial charge in [-0.05, 0) is 32.8 Å². The topological polar surface area (TPSA) is 112 Å². The fourth-order valence-corrected chi connectivity index (χ4v) is 5.34. The first-order valence-corrected chi connectivity index (χ1v) is 12.9. The molecule has 34 heavy (non-hydrogen) atoms. The van der Waals surface area contributed by atoms with Crippen molar-refractivity contribution in [2.24, 2.45) is 0 Å². The fourth-order valence-electron chi connectivity index (χ4n) is 3.66. The molecule has 9 nitrogen and oxygen atoms in total. The Bertz CT molecular complexity index is 1350. The second kappa shape index (κ2) is 10.5. The molecule has 0 bridgehead atoms. The number of amides is 1. The highest BCUT2D eigenvalue weighted by molar-refractivity contribution is 8.00. The number of fused-ring (bicyclic) bond motifs is 3. The minimum atomic E-state index is -0.446. The molecule has 0 aliphatic rings. The van der Waals surface area contributed by atoms with Crippen molar-refractivity contribution < 1.29 is 14.3 Å². The maximum atomic E-state index is 13.0. The van der Waals surface area contributed by atoms with Crippen molar-refractivity contribution in [3.05, 3.63) is 34.8 Å². The Morgan fingerprint density at radius 3 is 2.71 bits per heavy atom. The Morgan fingerprint density at radius 2 is 1.97 bits per heavy atom. The van der Waals surface area contributed by atoms with E-state index in [1.807, 2.05) is 25.1 Å². The van der Waals surface area contributed by atoms with E-state index in [9.17, 15) is 9.59 Å². The zero-order valence-corrected chi connectivity index (χ0v) is 21.1. The van der Waals surface area contributed by atoms with Crippen molar-refractivity contribution in [3.8, 4) is 0 Å². The van der Waals surface area contributed by atoms with Crippen molar-refractivity contribution in [1.82, 2.24) is 24.7 Å². The van der Waals surface area contributed by atoms with Gasteiger partial charge in [-0.2, -0.15) is 0 Å². The summed E-state index contributed by atoms with van der Waals surface area (Å²) in [5.74, 6) is -0.663. The molecule has 0 aliphatic heterocycles. The molecule has 0 aliphatic carbocycles. The quantitative estimate of drug-likeness (QED) is 0.258. The van der Waals surface area contributed by atoms with Crippen LogP contribution in [-0.4, -0.2) is 48.5 Å². The lowest BCUT2D eigenvalue weighted by molar-refractivity contribution is -0.115. The van der Waals surface area contributed by atoms with Crippen molar-refractivity contribution in [1.29, 1.82) is 0 Å². The molecular weight excluding hydrogens is 472 g/mol. The van der Waals surface area contributed by atoms with Crippen LogP contribution in [0.4, 0.5) is 5.13 Å². The number of carbonyl (C=O) groups is 2. The number of hydrogen-bond donors (Lipinski definition) is 1. The summed E-state index contributed by atoms with van der Waals surface area (Å²) in [6, 6.07) is 8.06. The number of nitrogens with one attached hydrogen (secondary N) is 1. The summed E-state index contributed by atoms with van der Waals surface area (Å²) in [4.78, 5) is 34.5. The van der Waals surface area contributed by atoms with Gasteiger partial charge in [-0.3, -0.25) is 4.79 Å². The average Bonchev–Trinajstić information content (AvgIpc) is 3.35. The summed E-state index contributed by atoms with van der Waals surface area (Å²) in [6.45, 7) is 8.60. The van der Waals surface area contributed by atoms with E-state index in [2.05, 4.69) is 38.1 Å². The SMILES string of the molecule is CCCn1c2ccccc2c2nnc(S[C@H](CC)C(=O)Nc3nc(C)c(C(=O)OCC)s3)nc21. The van der Waals surface area contributed by atoms with E-state index in [1.165, 1.54) is 11.8 Å². The Hall–Kier alpha value is -3.05. The van der Waals surface area contributed by atoms with Crippen molar-refractivity contribution in [3.63, 3.8) is 0 Å². The predicted molar refractivity (Wildman–Crippen MR) is 134 cm³/mol. The number of esters is 1. The highest BCUT2D eigenvalue weighted by Crippen LogP contribution is 2.30. The van der Waals surface area contributed by atoms with Crippen LogP contribution < -0.4 is 5.32 Å². The molecule has 3 aromatic heterocycles. The van der Waals surface area contributed by atoms with E-state index in [0.29, 0.717) is 27.3 Å². The summed E-state index contributed by atoms with van der Waals surface area (Å²) in [5, 5.41) is 12.9. The average molecular weight is 499 g/mol. The third-order valence-electron chi connectivity index (χ3n) is 5.20. The Balaban J connectivity index is 1.56. The monoisotopic (exact) mass is 498 g/mol. The van der Waals surface area contributed by atoms with Crippen LogP contribution in [-0.2, 0) is 16.1 Å². The number of hydrogen-bond acceptors (Lipinski definition) is 9. The molecule has 4 aromatic rings. The summed E-state index contributed by atoms with van der Waals surface area (Å²) in [6.07, 6.45) is 1.52. The van der Waals surface area contributed by atoms with Gasteiger partial charge in [0.15, 0.2) is 10.8 Å². The molecule has 4 rings (SSSR count). The van der Waals surface area contributed by atoms with Gasteiger partial charge in [-0.25, -0.2) is 14.8 Å². The van der Waals surface area contributed by atoms with Gasteiger partial charge in [-0.1, -0.05) is 55.1 Å². The van der Waals surface area contributed by atoms with Gasteiger partial charge in [0.25, 0.3) is 0 Å². The Labute approximate surface area is 205 Å². The van der Waals surface area contributed by atoms with E-state index in [1.54, 1.807) is 13.8 Å². The lowest BCUT2D eigenvalue weighted by atomic mass is 10.2. The molecule has 0 saturated heterocycles. The van der Waals surface area contributed by atoms with Crippen molar-refractivity contribution in [2.75, 3.05) is 11.9 Å². The molecule has 0 fully saturated rings. The normalized spacial score (nSPS) is 12.2. The molecule has 0 saturated carbocycles. The van der Waals surface area contributed by atoms with Crippen LogP contribution >= 0.6 is 23.1 Å². The number of benzene rings is 1. The molecule has 1 atom stereocenters. The number of aryl methyl sites for hydroxylation is 2. The first kappa shape index (κ1) is 24.1. The highest BCUT2D eigenvalue weighted by atomic mass is 32.2. The minimum Gasteiger partial charge on any atom is -0.462 e. The number of ether oxygens (including phenoxy) is 1. The third-order valence-corrected chi connectivity index (χ3v) is 7.47. The summed E-state index contributed by atoms with van der Waals surface area (Å²) in [7, 11) is 0. The number of thiazole rings is 1. The van der Waals surface area contributed by atoms with Gasteiger partial charge in [0.05, 0.1) is 23.1 Å². The molecular formula is C23H26N6O3S2. The van der Waals surface area contributed by atoms with Crippen LogP contribution in [0.15, 0.2) is 29.4 Å². The van der Waals surface area contributed by atoms with Gasteiger partial charge < -0.3 is 14.6 Å². The van der Waals surface area contributed by atoms with Gasteiger partial charge in [0.2, 0.25) is 11.1 Å². The Morgan fingerprint density at radius 1 is 1.18 bits per heavy atom. The van der Waals surface area contributed by atoms with Crippen LogP contribution in [0, 0.1) is 6.92 Å². The minimum absolute atomic E-state index is 0.227. The van der Waals surface area contributed by atoms with Crippen molar-refractivity contribution >= 4 is 62.2 Å². The Kier molecular flexibility index (Phi) is 7.42.